The van der Waals surface area contributed by atoms with Crippen LogP contribution in [0.15, 0.2) is 71.3 Å². The Kier molecular flexibility index (Phi) is 5.94. The molecular weight excluding hydrogens is 446 g/mol. The molecule has 5 nitrogen and oxygen atoms in total. The molecule has 6 heteroatoms. The van der Waals surface area contributed by atoms with Crippen LogP contribution < -0.4 is 0 Å². The van der Waals surface area contributed by atoms with Crippen molar-refractivity contribution < 1.29 is 17.6 Å². The molecular formula is C28H29NO4S. The number of fused-ring (bicyclic) bond motifs is 3. The molecule has 1 atom stereocenters. The standard InChI is InChI=1S/C28H29NO4S/c1-19(2)21-9-7-20(8-10-21)16-29(24-13-14-34(31,32)18-24)27(30)15-23-17-33-26-12-11-22-5-3-4-6-25(22)28(23)26/h3-12,17,19,24H,13-16,18H2,1-2H3. The van der Waals surface area contributed by atoms with Gasteiger partial charge in [-0.3, -0.25) is 4.79 Å². The largest absolute Gasteiger partial charge is 0.464 e. The second kappa shape index (κ2) is 8.91. The highest BCUT2D eigenvalue weighted by atomic mass is 32.2. The first-order chi connectivity index (χ1) is 16.3. The number of amides is 1. The number of carbonyl (C=O) groups excluding carboxylic acids is 1. The molecule has 1 fully saturated rings. The van der Waals surface area contributed by atoms with Crippen LogP contribution in [0, 0.1) is 0 Å². The van der Waals surface area contributed by atoms with Gasteiger partial charge in [0.2, 0.25) is 5.91 Å². The summed E-state index contributed by atoms with van der Waals surface area (Å²) in [6, 6.07) is 20.0. The van der Waals surface area contributed by atoms with E-state index in [2.05, 4.69) is 26.0 Å². The molecule has 0 radical (unpaired) electrons. The van der Waals surface area contributed by atoms with Gasteiger partial charge in [-0.25, -0.2) is 8.42 Å². The minimum absolute atomic E-state index is 0.0257. The average Bonchev–Trinajstić information content (AvgIpc) is 3.40. The molecule has 0 spiro atoms. The number of rotatable bonds is 6. The summed E-state index contributed by atoms with van der Waals surface area (Å²) in [4.78, 5) is 15.4. The fraction of sp³-hybridized carbons (Fsp3) is 0.321. The van der Waals surface area contributed by atoms with Crippen molar-refractivity contribution in [2.45, 2.75) is 45.2 Å². The Balaban J connectivity index is 1.46. The number of hydrogen-bond acceptors (Lipinski definition) is 4. The highest BCUT2D eigenvalue weighted by Gasteiger charge is 2.35. The lowest BCUT2D eigenvalue weighted by Gasteiger charge is -2.28. The van der Waals surface area contributed by atoms with E-state index in [1.54, 1.807) is 11.2 Å². The van der Waals surface area contributed by atoms with Gasteiger partial charge in [-0.05, 0) is 40.3 Å². The SMILES string of the molecule is CC(C)c1ccc(CN(C(=O)Cc2coc3ccc4ccccc4c23)C2CCS(=O)(=O)C2)cc1. The third-order valence-electron chi connectivity index (χ3n) is 6.85. The van der Waals surface area contributed by atoms with Crippen LogP contribution in [0.5, 0.6) is 0 Å². The number of carbonyl (C=O) groups is 1. The van der Waals surface area contributed by atoms with Gasteiger partial charge in [0.15, 0.2) is 9.84 Å². The van der Waals surface area contributed by atoms with Crippen molar-refractivity contribution in [3.8, 4) is 0 Å². The topological polar surface area (TPSA) is 67.6 Å². The van der Waals surface area contributed by atoms with Gasteiger partial charge in [0.1, 0.15) is 5.58 Å². The Labute approximate surface area is 200 Å². The van der Waals surface area contributed by atoms with Crippen molar-refractivity contribution in [2.75, 3.05) is 11.5 Å². The van der Waals surface area contributed by atoms with Crippen LogP contribution in [0.25, 0.3) is 21.7 Å². The Morgan fingerprint density at radius 3 is 2.53 bits per heavy atom. The Morgan fingerprint density at radius 2 is 1.82 bits per heavy atom. The van der Waals surface area contributed by atoms with Crippen molar-refractivity contribution >= 4 is 37.5 Å². The zero-order valence-corrected chi connectivity index (χ0v) is 20.3. The van der Waals surface area contributed by atoms with Gasteiger partial charge in [-0.2, -0.15) is 0 Å². The lowest BCUT2D eigenvalue weighted by atomic mass is 10.0. The minimum atomic E-state index is -3.12. The molecule has 176 valence electrons. The molecule has 1 saturated heterocycles. The quantitative estimate of drug-likeness (QED) is 0.371. The fourth-order valence-corrected chi connectivity index (χ4v) is 6.65. The lowest BCUT2D eigenvalue weighted by Crippen LogP contribution is -2.41. The molecule has 34 heavy (non-hydrogen) atoms. The van der Waals surface area contributed by atoms with Crippen molar-refractivity contribution in [3.63, 3.8) is 0 Å². The predicted molar refractivity (Wildman–Crippen MR) is 136 cm³/mol. The molecule has 1 aromatic heterocycles. The van der Waals surface area contributed by atoms with E-state index in [4.69, 9.17) is 4.42 Å². The monoisotopic (exact) mass is 475 g/mol. The van der Waals surface area contributed by atoms with Gasteiger partial charge in [0, 0.05) is 23.5 Å². The molecule has 0 N–H and O–H groups in total. The molecule has 1 unspecified atom stereocenters. The van der Waals surface area contributed by atoms with Gasteiger partial charge < -0.3 is 9.32 Å². The molecule has 1 aliphatic heterocycles. The summed E-state index contributed by atoms with van der Waals surface area (Å²) in [5.74, 6) is 0.506. The Morgan fingerprint density at radius 1 is 1.06 bits per heavy atom. The van der Waals surface area contributed by atoms with E-state index in [1.807, 2.05) is 48.5 Å². The van der Waals surface area contributed by atoms with Gasteiger partial charge in [-0.15, -0.1) is 0 Å². The van der Waals surface area contributed by atoms with Gasteiger partial charge >= 0.3 is 0 Å². The first-order valence-corrected chi connectivity index (χ1v) is 13.6. The van der Waals surface area contributed by atoms with E-state index in [-0.39, 0.29) is 29.9 Å². The summed E-state index contributed by atoms with van der Waals surface area (Å²) >= 11 is 0. The summed E-state index contributed by atoms with van der Waals surface area (Å²) in [7, 11) is -3.12. The maximum atomic E-state index is 13.7. The zero-order valence-electron chi connectivity index (χ0n) is 19.5. The summed E-state index contributed by atoms with van der Waals surface area (Å²) in [6.45, 7) is 4.69. The Bertz CT molecular complexity index is 1450. The summed E-state index contributed by atoms with van der Waals surface area (Å²) in [6.07, 6.45) is 2.31. The van der Waals surface area contributed by atoms with Crippen LogP contribution in [0.2, 0.25) is 0 Å². The summed E-state index contributed by atoms with van der Waals surface area (Å²) < 4.78 is 30.2. The minimum Gasteiger partial charge on any atom is -0.464 e. The smallest absolute Gasteiger partial charge is 0.227 e. The molecule has 1 amide bonds. The predicted octanol–water partition coefficient (Wildman–Crippen LogP) is 5.47. The maximum Gasteiger partial charge on any atom is 0.227 e. The second-order valence-electron chi connectivity index (χ2n) is 9.57. The van der Waals surface area contributed by atoms with Gasteiger partial charge in [-0.1, -0.05) is 68.4 Å². The first-order valence-electron chi connectivity index (χ1n) is 11.8. The normalized spacial score (nSPS) is 17.6. The first kappa shape index (κ1) is 22.7. The van der Waals surface area contributed by atoms with Crippen molar-refractivity contribution in [2.24, 2.45) is 0 Å². The zero-order chi connectivity index (χ0) is 23.9. The fourth-order valence-electron chi connectivity index (χ4n) is 4.92. The van der Waals surface area contributed by atoms with Crippen molar-refractivity contribution in [1.82, 2.24) is 4.90 Å². The second-order valence-corrected chi connectivity index (χ2v) is 11.8. The highest BCUT2D eigenvalue weighted by molar-refractivity contribution is 7.91. The van der Waals surface area contributed by atoms with E-state index >= 15 is 0 Å². The van der Waals surface area contributed by atoms with E-state index in [1.165, 1.54) is 5.56 Å². The average molecular weight is 476 g/mol. The van der Waals surface area contributed by atoms with Crippen LogP contribution in [0.1, 0.15) is 42.9 Å². The number of nitrogens with zero attached hydrogens (tertiary/aromatic N) is 1. The number of furan rings is 1. The molecule has 0 saturated carbocycles. The van der Waals surface area contributed by atoms with Gasteiger partial charge in [0.25, 0.3) is 0 Å². The number of sulfone groups is 1. The molecule has 3 aromatic carbocycles. The van der Waals surface area contributed by atoms with E-state index in [9.17, 15) is 13.2 Å². The number of benzene rings is 3. The number of hydrogen-bond donors (Lipinski definition) is 0. The lowest BCUT2D eigenvalue weighted by molar-refractivity contribution is -0.133. The van der Waals surface area contributed by atoms with E-state index in [0.29, 0.717) is 18.9 Å². The molecule has 0 aliphatic carbocycles. The van der Waals surface area contributed by atoms with Crippen LogP contribution in [-0.4, -0.2) is 36.8 Å². The molecule has 2 heterocycles. The van der Waals surface area contributed by atoms with Crippen molar-refractivity contribution in [3.05, 3.63) is 83.6 Å². The Hall–Kier alpha value is -3.12. The summed E-state index contributed by atoms with van der Waals surface area (Å²) in [5.41, 5.74) is 3.82. The van der Waals surface area contributed by atoms with Gasteiger partial charge in [0.05, 0.1) is 24.2 Å². The van der Waals surface area contributed by atoms with E-state index < -0.39 is 9.84 Å². The summed E-state index contributed by atoms with van der Waals surface area (Å²) in [5, 5.41) is 3.09. The third kappa shape index (κ3) is 4.47. The van der Waals surface area contributed by atoms with Crippen LogP contribution >= 0.6 is 0 Å². The molecule has 4 aromatic rings. The van der Waals surface area contributed by atoms with Crippen LogP contribution in [-0.2, 0) is 27.6 Å². The molecule has 0 bridgehead atoms. The highest BCUT2D eigenvalue weighted by Crippen LogP contribution is 2.31. The van der Waals surface area contributed by atoms with Crippen molar-refractivity contribution in [1.29, 1.82) is 0 Å². The maximum absolute atomic E-state index is 13.7. The van der Waals surface area contributed by atoms with E-state index in [0.717, 1.165) is 32.9 Å². The molecule has 1 aliphatic rings. The van der Waals surface area contributed by atoms with Crippen LogP contribution in [0.3, 0.4) is 0 Å². The molecule has 5 rings (SSSR count). The third-order valence-corrected chi connectivity index (χ3v) is 8.60. The van der Waals surface area contributed by atoms with Crippen LogP contribution in [0.4, 0.5) is 0 Å².